The van der Waals surface area contributed by atoms with E-state index in [-0.39, 0.29) is 0 Å². The van der Waals surface area contributed by atoms with Crippen LogP contribution in [0.1, 0.15) is 25.5 Å². The molecule has 0 radical (unpaired) electrons. The lowest BCUT2D eigenvalue weighted by molar-refractivity contribution is 0.546. The van der Waals surface area contributed by atoms with Gasteiger partial charge < -0.3 is 10.3 Å². The molecule has 7 heteroatoms. The van der Waals surface area contributed by atoms with E-state index in [1.165, 1.54) is 0 Å². The van der Waals surface area contributed by atoms with Crippen molar-refractivity contribution in [3.8, 4) is 0 Å². The first-order chi connectivity index (χ1) is 9.62. The summed E-state index contributed by atoms with van der Waals surface area (Å²) in [5.74, 6) is 2.67. The summed E-state index contributed by atoms with van der Waals surface area (Å²) in [6, 6.07) is 1.70. The van der Waals surface area contributed by atoms with Crippen molar-refractivity contribution in [1.82, 2.24) is 15.0 Å². The predicted octanol–water partition coefficient (Wildman–Crippen LogP) is 1.55. The number of aromatic nitrogens is 1. The number of sulfonamides is 1. The van der Waals surface area contributed by atoms with E-state index in [2.05, 4.69) is 21.9 Å². The molecule has 5 nitrogen and oxygen atoms in total. The van der Waals surface area contributed by atoms with Gasteiger partial charge in [0.2, 0.25) is 10.0 Å². The minimum atomic E-state index is -3.38. The first-order valence-corrected chi connectivity index (χ1v) is 9.71. The fourth-order valence-corrected chi connectivity index (χ4v) is 4.55. The van der Waals surface area contributed by atoms with Crippen LogP contribution in [0.2, 0.25) is 0 Å². The van der Waals surface area contributed by atoms with Gasteiger partial charge >= 0.3 is 0 Å². The summed E-state index contributed by atoms with van der Waals surface area (Å²) in [6.07, 6.45) is 3.73. The third kappa shape index (κ3) is 4.51. The van der Waals surface area contributed by atoms with Gasteiger partial charge in [-0.15, -0.1) is 0 Å². The molecule has 1 saturated heterocycles. The fourth-order valence-electron chi connectivity index (χ4n) is 2.13. The van der Waals surface area contributed by atoms with Crippen molar-refractivity contribution in [2.24, 2.45) is 5.92 Å². The molecule has 114 valence electrons. The molecular weight excluding hydrogens is 294 g/mol. The normalized spacial score (nSPS) is 19.6. The average Bonchev–Trinajstić information content (AvgIpc) is 3.08. The number of aromatic amines is 1. The van der Waals surface area contributed by atoms with Gasteiger partial charge in [-0.3, -0.25) is 0 Å². The molecular formula is C13H23N3O2S2. The molecule has 0 aliphatic carbocycles. The van der Waals surface area contributed by atoms with Gasteiger partial charge in [0.1, 0.15) is 0 Å². The van der Waals surface area contributed by atoms with Crippen LogP contribution >= 0.6 is 11.8 Å². The van der Waals surface area contributed by atoms with E-state index in [0.29, 0.717) is 23.9 Å². The van der Waals surface area contributed by atoms with Gasteiger partial charge in [-0.05, 0) is 42.9 Å². The Morgan fingerprint density at radius 1 is 1.50 bits per heavy atom. The molecule has 1 aliphatic heterocycles. The van der Waals surface area contributed by atoms with Crippen LogP contribution in [0.5, 0.6) is 0 Å². The molecule has 0 spiro atoms. The highest BCUT2D eigenvalue weighted by Gasteiger charge is 2.20. The highest BCUT2D eigenvalue weighted by molar-refractivity contribution is 7.99. The van der Waals surface area contributed by atoms with E-state index >= 15 is 0 Å². The van der Waals surface area contributed by atoms with Gasteiger partial charge in [-0.2, -0.15) is 11.8 Å². The minimum absolute atomic E-state index is 0.330. The van der Waals surface area contributed by atoms with Crippen LogP contribution in [0.4, 0.5) is 0 Å². The molecule has 2 heterocycles. The van der Waals surface area contributed by atoms with E-state index in [0.717, 1.165) is 36.6 Å². The summed E-state index contributed by atoms with van der Waals surface area (Å²) in [7, 11) is -3.38. The van der Waals surface area contributed by atoms with E-state index < -0.39 is 10.0 Å². The minimum Gasteiger partial charge on any atom is -0.363 e. The Morgan fingerprint density at radius 3 is 3.05 bits per heavy atom. The monoisotopic (exact) mass is 317 g/mol. The second-order valence-corrected chi connectivity index (χ2v) is 8.04. The second kappa shape index (κ2) is 7.49. The Morgan fingerprint density at radius 2 is 2.35 bits per heavy atom. The molecule has 0 aromatic carbocycles. The van der Waals surface area contributed by atoms with Crippen LogP contribution < -0.4 is 10.0 Å². The zero-order valence-corrected chi connectivity index (χ0v) is 13.4. The van der Waals surface area contributed by atoms with Crippen LogP contribution in [-0.2, 0) is 16.6 Å². The SMILES string of the molecule is CCCNCc1cc(S(=O)(=O)NCC2CCSC2)c[nH]1. The van der Waals surface area contributed by atoms with Gasteiger partial charge in [-0.1, -0.05) is 6.92 Å². The van der Waals surface area contributed by atoms with Crippen molar-refractivity contribution in [2.45, 2.75) is 31.2 Å². The van der Waals surface area contributed by atoms with Crippen molar-refractivity contribution in [2.75, 3.05) is 24.6 Å². The topological polar surface area (TPSA) is 74.0 Å². The lowest BCUT2D eigenvalue weighted by Gasteiger charge is -2.09. The standard InChI is InChI=1S/C13H23N3O2S2/c1-2-4-14-8-12-6-13(9-15-12)20(17,18)16-7-11-3-5-19-10-11/h6,9,11,14-16H,2-5,7-8,10H2,1H3. The maximum atomic E-state index is 12.2. The molecule has 1 unspecified atom stereocenters. The molecule has 1 aromatic heterocycles. The highest BCUT2D eigenvalue weighted by atomic mass is 32.2. The molecule has 0 amide bonds. The summed E-state index contributed by atoms with van der Waals surface area (Å²) in [5.41, 5.74) is 0.898. The van der Waals surface area contributed by atoms with Crippen LogP contribution in [0.15, 0.2) is 17.2 Å². The van der Waals surface area contributed by atoms with Crippen molar-refractivity contribution < 1.29 is 8.42 Å². The fraction of sp³-hybridized carbons (Fsp3) is 0.692. The van der Waals surface area contributed by atoms with Gasteiger partial charge in [0, 0.05) is 25.0 Å². The molecule has 0 saturated carbocycles. The molecule has 1 aromatic rings. The van der Waals surface area contributed by atoms with Gasteiger partial charge in [-0.25, -0.2) is 13.1 Å². The number of thioether (sulfide) groups is 1. The zero-order valence-electron chi connectivity index (χ0n) is 11.8. The lowest BCUT2D eigenvalue weighted by Crippen LogP contribution is -2.29. The smallest absolute Gasteiger partial charge is 0.242 e. The van der Waals surface area contributed by atoms with E-state index in [4.69, 9.17) is 0 Å². The molecule has 1 aliphatic rings. The average molecular weight is 317 g/mol. The molecule has 3 N–H and O–H groups in total. The largest absolute Gasteiger partial charge is 0.363 e. The Bertz CT molecular complexity index is 507. The van der Waals surface area contributed by atoms with Crippen molar-refractivity contribution in [3.63, 3.8) is 0 Å². The number of nitrogens with one attached hydrogen (secondary N) is 3. The Labute approximate surface area is 125 Å². The van der Waals surface area contributed by atoms with Crippen LogP contribution in [-0.4, -0.2) is 38.0 Å². The zero-order chi connectivity index (χ0) is 14.4. The van der Waals surface area contributed by atoms with E-state index in [1.54, 1.807) is 12.3 Å². The number of hydrogen-bond donors (Lipinski definition) is 3. The number of H-pyrrole nitrogens is 1. The van der Waals surface area contributed by atoms with Crippen molar-refractivity contribution in [1.29, 1.82) is 0 Å². The van der Waals surface area contributed by atoms with Gasteiger partial charge in [0.05, 0.1) is 4.90 Å². The van der Waals surface area contributed by atoms with Gasteiger partial charge in [0.15, 0.2) is 0 Å². The van der Waals surface area contributed by atoms with E-state index in [1.807, 2.05) is 11.8 Å². The quantitative estimate of drug-likeness (QED) is 0.636. The summed E-state index contributed by atoms with van der Waals surface area (Å²) in [6.45, 7) is 4.24. The summed E-state index contributed by atoms with van der Waals surface area (Å²) in [4.78, 5) is 3.34. The van der Waals surface area contributed by atoms with Crippen LogP contribution in [0, 0.1) is 5.92 Å². The third-order valence-electron chi connectivity index (χ3n) is 3.35. The lowest BCUT2D eigenvalue weighted by atomic mass is 10.1. The third-order valence-corrected chi connectivity index (χ3v) is 5.99. The Balaban J connectivity index is 1.88. The summed E-state index contributed by atoms with van der Waals surface area (Å²) >= 11 is 1.89. The Kier molecular flexibility index (Phi) is 5.95. The van der Waals surface area contributed by atoms with E-state index in [9.17, 15) is 8.42 Å². The van der Waals surface area contributed by atoms with Crippen molar-refractivity contribution >= 4 is 21.8 Å². The van der Waals surface area contributed by atoms with Crippen LogP contribution in [0.25, 0.3) is 0 Å². The first kappa shape index (κ1) is 15.9. The van der Waals surface area contributed by atoms with Crippen molar-refractivity contribution in [3.05, 3.63) is 18.0 Å². The molecule has 20 heavy (non-hydrogen) atoms. The number of rotatable bonds is 8. The predicted molar refractivity (Wildman–Crippen MR) is 83.4 cm³/mol. The molecule has 1 fully saturated rings. The highest BCUT2D eigenvalue weighted by Crippen LogP contribution is 2.23. The molecule has 1 atom stereocenters. The first-order valence-electron chi connectivity index (χ1n) is 7.07. The maximum Gasteiger partial charge on any atom is 0.242 e. The summed E-state index contributed by atoms with van der Waals surface area (Å²) < 4.78 is 27.1. The number of hydrogen-bond acceptors (Lipinski definition) is 4. The maximum absolute atomic E-state index is 12.2. The summed E-state index contributed by atoms with van der Waals surface area (Å²) in [5, 5.41) is 3.24. The molecule has 0 bridgehead atoms. The van der Waals surface area contributed by atoms with Gasteiger partial charge in [0.25, 0.3) is 0 Å². The second-order valence-electron chi connectivity index (χ2n) is 5.12. The molecule has 2 rings (SSSR count). The van der Waals surface area contributed by atoms with Crippen LogP contribution in [0.3, 0.4) is 0 Å². The Hall–Kier alpha value is -0.500.